The van der Waals surface area contributed by atoms with Crippen LogP contribution in [0.25, 0.3) is 5.52 Å². The molecule has 2 saturated heterocycles. The fourth-order valence-electron chi connectivity index (χ4n) is 5.00. The van der Waals surface area contributed by atoms with Crippen molar-refractivity contribution in [2.24, 2.45) is 0 Å². The minimum Gasteiger partial charge on any atom is -0.335 e. The molecule has 0 spiro atoms. The van der Waals surface area contributed by atoms with Crippen LogP contribution >= 0.6 is 0 Å². The van der Waals surface area contributed by atoms with E-state index in [2.05, 4.69) is 0 Å². The maximum atomic E-state index is 13.6. The molecule has 35 heavy (non-hydrogen) atoms. The second kappa shape index (κ2) is 9.40. The number of nitrogens with zero attached hydrogens (tertiary/aromatic N) is 6. The van der Waals surface area contributed by atoms with Gasteiger partial charge < -0.3 is 24.0 Å². The second-order valence-corrected chi connectivity index (χ2v) is 9.25. The molecule has 0 saturated carbocycles. The van der Waals surface area contributed by atoms with Gasteiger partial charge in [-0.2, -0.15) is 0 Å². The number of carbonyl (C=O) groups is 3. The summed E-state index contributed by atoms with van der Waals surface area (Å²) in [5.41, 5.74) is 1.79. The predicted octanol–water partition coefficient (Wildman–Crippen LogP) is 2.75. The van der Waals surface area contributed by atoms with Gasteiger partial charge in [0.15, 0.2) is 5.69 Å². The minimum absolute atomic E-state index is 0.0145. The van der Waals surface area contributed by atoms with Crippen LogP contribution in [-0.4, -0.2) is 93.6 Å². The largest absolute Gasteiger partial charge is 0.335 e. The van der Waals surface area contributed by atoms with Crippen molar-refractivity contribution in [1.29, 1.82) is 0 Å². The summed E-state index contributed by atoms with van der Waals surface area (Å²) in [5, 5.41) is 0. The number of hydrogen-bond acceptors (Lipinski definition) is 4. The number of hydrogen-bond donors (Lipinski definition) is 0. The molecule has 0 N–H and O–H groups in total. The van der Waals surface area contributed by atoms with Crippen molar-refractivity contribution in [3.05, 3.63) is 71.8 Å². The molecule has 4 heterocycles. The van der Waals surface area contributed by atoms with Crippen LogP contribution in [0.4, 0.5) is 4.79 Å². The number of carbonyl (C=O) groups excluding carboxylic acids is 3. The van der Waals surface area contributed by atoms with Crippen molar-refractivity contribution in [1.82, 2.24) is 29.0 Å². The molecule has 1 aromatic carbocycles. The minimum atomic E-state index is -0.179. The SMILES string of the molecule is CN(C)C(=O)N1CCCC1c1nc(C(=O)N2CCN(C(=O)c3ccccc3)CC2)c2ccccn12. The highest BCUT2D eigenvalue weighted by Crippen LogP contribution is 2.33. The summed E-state index contributed by atoms with van der Waals surface area (Å²) in [6.07, 6.45) is 3.61. The molecule has 1 atom stereocenters. The lowest BCUT2D eigenvalue weighted by Crippen LogP contribution is -2.50. The highest BCUT2D eigenvalue weighted by molar-refractivity contribution is 5.99. The highest BCUT2D eigenvalue weighted by Gasteiger charge is 2.36. The lowest BCUT2D eigenvalue weighted by atomic mass is 10.2. The first kappa shape index (κ1) is 22.9. The van der Waals surface area contributed by atoms with E-state index in [1.807, 2.05) is 64.0 Å². The standard InChI is InChI=1S/C26H30N6O3/c1-28(2)26(35)32-14-8-12-21(32)23-27-22(20-11-6-7-13-31(20)23)25(34)30-17-15-29(16-18-30)24(33)19-9-4-3-5-10-19/h3-7,9-11,13,21H,8,12,14-18H2,1-2H3. The third-order valence-corrected chi connectivity index (χ3v) is 6.83. The summed E-state index contributed by atoms with van der Waals surface area (Å²) >= 11 is 0. The first-order valence-electron chi connectivity index (χ1n) is 12.0. The lowest BCUT2D eigenvalue weighted by molar-refractivity contribution is 0.0533. The van der Waals surface area contributed by atoms with Gasteiger partial charge >= 0.3 is 6.03 Å². The van der Waals surface area contributed by atoms with Crippen LogP contribution < -0.4 is 0 Å². The van der Waals surface area contributed by atoms with Gasteiger partial charge in [0.05, 0.1) is 11.6 Å². The van der Waals surface area contributed by atoms with Crippen molar-refractivity contribution in [2.75, 3.05) is 46.8 Å². The molecule has 0 bridgehead atoms. The number of rotatable bonds is 3. The number of aromatic nitrogens is 2. The van der Waals surface area contributed by atoms with Crippen LogP contribution in [0.5, 0.6) is 0 Å². The van der Waals surface area contributed by atoms with Gasteiger partial charge in [-0.05, 0) is 37.1 Å². The van der Waals surface area contributed by atoms with E-state index >= 15 is 0 Å². The van der Waals surface area contributed by atoms with Crippen LogP contribution in [-0.2, 0) is 0 Å². The number of likely N-dealkylation sites (tertiary alicyclic amines) is 1. The number of amides is 4. The van der Waals surface area contributed by atoms with E-state index in [9.17, 15) is 14.4 Å². The molecule has 4 amide bonds. The first-order chi connectivity index (χ1) is 17.0. The monoisotopic (exact) mass is 474 g/mol. The molecule has 1 unspecified atom stereocenters. The van der Waals surface area contributed by atoms with Gasteiger partial charge in [-0.3, -0.25) is 9.59 Å². The number of piperazine rings is 1. The fraction of sp³-hybridized carbons (Fsp3) is 0.385. The molecule has 9 heteroatoms. The summed E-state index contributed by atoms with van der Waals surface area (Å²) < 4.78 is 1.94. The molecular weight excluding hydrogens is 444 g/mol. The summed E-state index contributed by atoms with van der Waals surface area (Å²) in [5.74, 6) is 0.559. The van der Waals surface area contributed by atoms with Crippen LogP contribution in [0.3, 0.4) is 0 Å². The van der Waals surface area contributed by atoms with E-state index in [0.29, 0.717) is 44.0 Å². The molecule has 182 valence electrons. The molecule has 2 aliphatic rings. The molecule has 3 aromatic rings. The molecule has 9 nitrogen and oxygen atoms in total. The average Bonchev–Trinajstić information content (AvgIpc) is 3.53. The van der Waals surface area contributed by atoms with Gasteiger partial charge in [0, 0.05) is 58.6 Å². The zero-order valence-electron chi connectivity index (χ0n) is 20.1. The quantitative estimate of drug-likeness (QED) is 0.585. The van der Waals surface area contributed by atoms with Gasteiger partial charge in [-0.25, -0.2) is 9.78 Å². The number of pyridine rings is 1. The molecular formula is C26H30N6O3. The maximum Gasteiger partial charge on any atom is 0.320 e. The highest BCUT2D eigenvalue weighted by atomic mass is 16.2. The van der Waals surface area contributed by atoms with E-state index in [4.69, 9.17) is 4.98 Å². The lowest BCUT2D eigenvalue weighted by Gasteiger charge is -2.34. The van der Waals surface area contributed by atoms with Crippen molar-refractivity contribution in [3.63, 3.8) is 0 Å². The van der Waals surface area contributed by atoms with Crippen molar-refractivity contribution < 1.29 is 14.4 Å². The second-order valence-electron chi connectivity index (χ2n) is 9.25. The number of imidazole rings is 1. The van der Waals surface area contributed by atoms with E-state index in [-0.39, 0.29) is 23.9 Å². The van der Waals surface area contributed by atoms with Crippen molar-refractivity contribution in [2.45, 2.75) is 18.9 Å². The number of benzene rings is 1. The molecule has 0 radical (unpaired) electrons. The molecule has 2 fully saturated rings. The van der Waals surface area contributed by atoms with E-state index in [1.54, 1.807) is 28.8 Å². The number of fused-ring (bicyclic) bond motifs is 1. The predicted molar refractivity (Wildman–Crippen MR) is 131 cm³/mol. The van der Waals surface area contributed by atoms with Gasteiger partial charge in [-0.15, -0.1) is 0 Å². The van der Waals surface area contributed by atoms with Crippen LogP contribution in [0.2, 0.25) is 0 Å². The Balaban J connectivity index is 1.37. The average molecular weight is 475 g/mol. The smallest absolute Gasteiger partial charge is 0.320 e. The first-order valence-corrected chi connectivity index (χ1v) is 12.0. The Labute approximate surface area is 204 Å². The summed E-state index contributed by atoms with van der Waals surface area (Å²) in [6.45, 7) is 2.53. The van der Waals surface area contributed by atoms with E-state index < -0.39 is 0 Å². The van der Waals surface area contributed by atoms with Crippen LogP contribution in [0.1, 0.15) is 45.6 Å². The summed E-state index contributed by atoms with van der Waals surface area (Å²) in [7, 11) is 3.50. The molecule has 2 aromatic heterocycles. The van der Waals surface area contributed by atoms with Gasteiger partial charge in [0.2, 0.25) is 0 Å². The Morgan fingerprint density at radius 1 is 0.857 bits per heavy atom. The molecule has 5 rings (SSSR count). The van der Waals surface area contributed by atoms with Crippen LogP contribution in [0, 0.1) is 0 Å². The number of urea groups is 1. The summed E-state index contributed by atoms with van der Waals surface area (Å²) in [6, 6.07) is 14.7. The third-order valence-electron chi connectivity index (χ3n) is 6.83. The Kier molecular flexibility index (Phi) is 6.15. The zero-order valence-corrected chi connectivity index (χ0v) is 20.1. The van der Waals surface area contributed by atoms with E-state index in [0.717, 1.165) is 24.2 Å². The van der Waals surface area contributed by atoms with Gasteiger partial charge in [-0.1, -0.05) is 24.3 Å². The Hall–Kier alpha value is -3.88. The Bertz CT molecular complexity index is 1250. The normalized spacial score (nSPS) is 18.2. The Morgan fingerprint density at radius 3 is 2.20 bits per heavy atom. The van der Waals surface area contributed by atoms with Gasteiger partial charge in [0.1, 0.15) is 5.82 Å². The topological polar surface area (TPSA) is 81.5 Å². The van der Waals surface area contributed by atoms with Gasteiger partial charge in [0.25, 0.3) is 11.8 Å². The molecule has 2 aliphatic heterocycles. The van der Waals surface area contributed by atoms with Crippen LogP contribution in [0.15, 0.2) is 54.7 Å². The zero-order chi connectivity index (χ0) is 24.5. The van der Waals surface area contributed by atoms with Crippen molar-refractivity contribution >= 4 is 23.4 Å². The Morgan fingerprint density at radius 2 is 1.51 bits per heavy atom. The van der Waals surface area contributed by atoms with Crippen molar-refractivity contribution in [3.8, 4) is 0 Å². The maximum absolute atomic E-state index is 13.6. The fourth-order valence-corrected chi connectivity index (χ4v) is 5.00. The summed E-state index contributed by atoms with van der Waals surface area (Å²) in [4.78, 5) is 50.9. The third kappa shape index (κ3) is 4.22. The molecule has 0 aliphatic carbocycles. The van der Waals surface area contributed by atoms with E-state index in [1.165, 1.54) is 0 Å².